The van der Waals surface area contributed by atoms with Gasteiger partial charge in [0.2, 0.25) is 0 Å². The Morgan fingerprint density at radius 1 is 1.09 bits per heavy atom. The maximum Gasteiger partial charge on any atom is -0.00489 e. The van der Waals surface area contributed by atoms with Crippen molar-refractivity contribution in [3.63, 3.8) is 0 Å². The van der Waals surface area contributed by atoms with Crippen molar-refractivity contribution in [3.05, 3.63) is 0 Å². The second-order valence-corrected chi connectivity index (χ2v) is 3.88. The minimum absolute atomic E-state index is 0.839. The zero-order chi connectivity index (χ0) is 8.10. The average Bonchev–Trinajstić information content (AvgIpc) is 2.28. The molecular weight excluding hydrogens is 134 g/mol. The van der Waals surface area contributed by atoms with Crippen LogP contribution in [0.3, 0.4) is 0 Å². The third-order valence-corrected chi connectivity index (χ3v) is 3.12. The summed E-state index contributed by atoms with van der Waals surface area (Å²) in [5.74, 6) is 1.85. The lowest BCUT2D eigenvalue weighted by Crippen LogP contribution is -2.13. The summed E-state index contributed by atoms with van der Waals surface area (Å²) >= 11 is 0. The summed E-state index contributed by atoms with van der Waals surface area (Å²) in [5.41, 5.74) is 5.66. The first-order chi connectivity index (χ1) is 5.36. The largest absolute Gasteiger partial charge is 0.330 e. The van der Waals surface area contributed by atoms with Crippen molar-refractivity contribution in [2.45, 2.75) is 45.4 Å². The molecule has 0 amide bonds. The molecular formula is C10H21N. The Bertz CT molecular complexity index is 89.0. The topological polar surface area (TPSA) is 26.0 Å². The van der Waals surface area contributed by atoms with Gasteiger partial charge in [0.05, 0.1) is 0 Å². The summed E-state index contributed by atoms with van der Waals surface area (Å²) < 4.78 is 0. The molecule has 1 rings (SSSR count). The van der Waals surface area contributed by atoms with Crippen molar-refractivity contribution in [3.8, 4) is 0 Å². The highest BCUT2D eigenvalue weighted by Crippen LogP contribution is 2.28. The zero-order valence-corrected chi connectivity index (χ0v) is 7.68. The van der Waals surface area contributed by atoms with E-state index >= 15 is 0 Å². The second-order valence-electron chi connectivity index (χ2n) is 3.88. The quantitative estimate of drug-likeness (QED) is 0.609. The minimum atomic E-state index is 0.839. The lowest BCUT2D eigenvalue weighted by molar-refractivity contribution is 0.426. The van der Waals surface area contributed by atoms with Crippen LogP contribution in [0.15, 0.2) is 0 Å². The van der Waals surface area contributed by atoms with Gasteiger partial charge in [0, 0.05) is 0 Å². The molecule has 1 aliphatic carbocycles. The van der Waals surface area contributed by atoms with Crippen LogP contribution in [0.1, 0.15) is 45.4 Å². The fourth-order valence-corrected chi connectivity index (χ4v) is 2.10. The minimum Gasteiger partial charge on any atom is -0.330 e. The monoisotopic (exact) mass is 155 g/mol. The third kappa shape index (κ3) is 2.82. The zero-order valence-electron chi connectivity index (χ0n) is 7.68. The van der Waals surface area contributed by atoms with Gasteiger partial charge in [-0.25, -0.2) is 0 Å². The van der Waals surface area contributed by atoms with Crippen LogP contribution >= 0.6 is 0 Å². The van der Waals surface area contributed by atoms with Crippen LogP contribution < -0.4 is 5.73 Å². The molecule has 2 unspecified atom stereocenters. The molecule has 2 N–H and O–H groups in total. The molecule has 1 aliphatic rings. The SMILES string of the molecule is CCC1CCCC(CN)CC1. The summed E-state index contributed by atoms with van der Waals surface area (Å²) in [6.45, 7) is 3.23. The van der Waals surface area contributed by atoms with E-state index in [0.717, 1.165) is 18.4 Å². The molecule has 1 fully saturated rings. The Morgan fingerprint density at radius 3 is 2.36 bits per heavy atom. The molecule has 0 aromatic heterocycles. The van der Waals surface area contributed by atoms with Crippen molar-refractivity contribution in [2.24, 2.45) is 17.6 Å². The third-order valence-electron chi connectivity index (χ3n) is 3.12. The number of hydrogen-bond donors (Lipinski definition) is 1. The summed E-state index contributed by atoms with van der Waals surface area (Å²) in [7, 11) is 0. The van der Waals surface area contributed by atoms with E-state index in [9.17, 15) is 0 Å². The second kappa shape index (κ2) is 4.76. The van der Waals surface area contributed by atoms with Crippen molar-refractivity contribution in [1.29, 1.82) is 0 Å². The molecule has 1 heteroatoms. The molecule has 0 radical (unpaired) electrons. The predicted molar refractivity (Wildman–Crippen MR) is 49.4 cm³/mol. The van der Waals surface area contributed by atoms with Gasteiger partial charge in [0.15, 0.2) is 0 Å². The van der Waals surface area contributed by atoms with Gasteiger partial charge >= 0.3 is 0 Å². The summed E-state index contributed by atoms with van der Waals surface area (Å²) in [6, 6.07) is 0. The predicted octanol–water partition coefficient (Wildman–Crippen LogP) is 2.55. The Kier molecular flexibility index (Phi) is 3.92. The molecule has 66 valence electrons. The van der Waals surface area contributed by atoms with Gasteiger partial charge in [0.25, 0.3) is 0 Å². The van der Waals surface area contributed by atoms with Gasteiger partial charge in [-0.15, -0.1) is 0 Å². The molecule has 0 heterocycles. The first-order valence-corrected chi connectivity index (χ1v) is 5.06. The molecule has 0 aromatic carbocycles. The highest BCUT2D eigenvalue weighted by Gasteiger charge is 2.15. The Labute approximate surface area is 70.4 Å². The lowest BCUT2D eigenvalue weighted by atomic mass is 9.96. The fourth-order valence-electron chi connectivity index (χ4n) is 2.10. The standard InChI is InChI=1S/C10H21N/c1-2-9-4-3-5-10(8-11)7-6-9/h9-10H,2-8,11H2,1H3. The normalized spacial score (nSPS) is 33.3. The van der Waals surface area contributed by atoms with E-state index in [2.05, 4.69) is 6.92 Å². The smallest absolute Gasteiger partial charge is 0.00489 e. The van der Waals surface area contributed by atoms with Crippen LogP contribution in [0.4, 0.5) is 0 Å². The van der Waals surface area contributed by atoms with Gasteiger partial charge < -0.3 is 5.73 Å². The first kappa shape index (κ1) is 9.05. The molecule has 0 bridgehead atoms. The fraction of sp³-hybridized carbons (Fsp3) is 1.00. The van der Waals surface area contributed by atoms with Gasteiger partial charge in [-0.05, 0) is 31.2 Å². The van der Waals surface area contributed by atoms with Crippen LogP contribution in [0.2, 0.25) is 0 Å². The summed E-state index contributed by atoms with van der Waals surface area (Å²) in [5, 5.41) is 0. The van der Waals surface area contributed by atoms with Gasteiger partial charge in [-0.2, -0.15) is 0 Å². The Morgan fingerprint density at radius 2 is 1.73 bits per heavy atom. The van der Waals surface area contributed by atoms with Crippen molar-refractivity contribution < 1.29 is 0 Å². The van der Waals surface area contributed by atoms with Gasteiger partial charge in [-0.3, -0.25) is 0 Å². The summed E-state index contributed by atoms with van der Waals surface area (Å²) in [6.07, 6.45) is 8.44. The molecule has 0 spiro atoms. The van der Waals surface area contributed by atoms with E-state index in [0.29, 0.717) is 0 Å². The van der Waals surface area contributed by atoms with E-state index in [1.165, 1.54) is 38.5 Å². The van der Waals surface area contributed by atoms with Crippen molar-refractivity contribution in [2.75, 3.05) is 6.54 Å². The maximum absolute atomic E-state index is 5.66. The molecule has 11 heavy (non-hydrogen) atoms. The first-order valence-electron chi connectivity index (χ1n) is 5.06. The van der Waals surface area contributed by atoms with Crippen LogP contribution in [-0.4, -0.2) is 6.54 Å². The van der Waals surface area contributed by atoms with E-state index in [-0.39, 0.29) is 0 Å². The Balaban J connectivity index is 2.27. The number of nitrogens with two attached hydrogens (primary N) is 1. The highest BCUT2D eigenvalue weighted by atomic mass is 14.5. The van der Waals surface area contributed by atoms with E-state index in [4.69, 9.17) is 5.73 Å². The lowest BCUT2D eigenvalue weighted by Gasteiger charge is -2.11. The van der Waals surface area contributed by atoms with Gasteiger partial charge in [0.1, 0.15) is 0 Å². The van der Waals surface area contributed by atoms with E-state index in [1.54, 1.807) is 0 Å². The van der Waals surface area contributed by atoms with Crippen molar-refractivity contribution in [1.82, 2.24) is 0 Å². The average molecular weight is 155 g/mol. The maximum atomic E-state index is 5.66. The van der Waals surface area contributed by atoms with E-state index < -0.39 is 0 Å². The van der Waals surface area contributed by atoms with E-state index in [1.807, 2.05) is 0 Å². The number of rotatable bonds is 2. The molecule has 1 nitrogen and oxygen atoms in total. The summed E-state index contributed by atoms with van der Waals surface area (Å²) in [4.78, 5) is 0. The van der Waals surface area contributed by atoms with Crippen LogP contribution in [-0.2, 0) is 0 Å². The number of hydrogen-bond acceptors (Lipinski definition) is 1. The molecule has 2 atom stereocenters. The van der Waals surface area contributed by atoms with Crippen molar-refractivity contribution >= 4 is 0 Å². The molecule has 0 saturated heterocycles. The van der Waals surface area contributed by atoms with Gasteiger partial charge in [-0.1, -0.05) is 32.6 Å². The van der Waals surface area contributed by atoms with Crippen LogP contribution in [0.5, 0.6) is 0 Å². The highest BCUT2D eigenvalue weighted by molar-refractivity contribution is 4.69. The molecule has 1 saturated carbocycles. The van der Waals surface area contributed by atoms with Crippen LogP contribution in [0.25, 0.3) is 0 Å². The molecule has 0 aliphatic heterocycles. The van der Waals surface area contributed by atoms with Crippen LogP contribution in [0, 0.1) is 11.8 Å². The Hall–Kier alpha value is -0.0400. The molecule has 0 aromatic rings.